The molecule has 0 radical (unpaired) electrons. The molecule has 13 atom stereocenters. The number of hydrogen-bond acceptors (Lipinski definition) is 19. The van der Waals surface area contributed by atoms with Crippen LogP contribution in [0.25, 0.3) is 6.08 Å². The Bertz CT molecular complexity index is 1610. The molecule has 0 bridgehead atoms. The number of aromatic hydroxyl groups is 2. The third-order valence-corrected chi connectivity index (χ3v) is 9.50. The Morgan fingerprint density at radius 3 is 2.25 bits per heavy atom. The van der Waals surface area contributed by atoms with E-state index < -0.39 is 105 Å². The van der Waals surface area contributed by atoms with Crippen molar-refractivity contribution in [3.05, 3.63) is 53.6 Å². The summed E-state index contributed by atoms with van der Waals surface area (Å²) < 4.78 is 50.6. The SMILES string of the molecule is COc1ccc(CCO[C@@H]2O[C@H](CO[C@@H]3OC(C)[C@H](O)[C@H](O)[C@H]3O)[C@@H](OC(=O)/C=C/c3ccc(O)c(OC)c3)[C@H](OC3OC[C@](O)(CO)[C@H]3O)[C@H]2O)cc1O. The lowest BCUT2D eigenvalue weighted by Crippen LogP contribution is -2.63. The van der Waals surface area contributed by atoms with Crippen molar-refractivity contribution >= 4 is 12.0 Å². The summed E-state index contributed by atoms with van der Waals surface area (Å²) in [5.41, 5.74) is -1.06. The highest BCUT2D eigenvalue weighted by molar-refractivity contribution is 5.87. The van der Waals surface area contributed by atoms with Gasteiger partial charge in [-0.3, -0.25) is 0 Å². The van der Waals surface area contributed by atoms with Gasteiger partial charge in [0.15, 0.2) is 48.0 Å². The maximum absolute atomic E-state index is 13.4. The number of phenolic OH excluding ortho intramolecular Hbond substituents is 2. The predicted molar refractivity (Wildman–Crippen MR) is 184 cm³/mol. The fraction of sp³-hybridized carbons (Fsp3) is 0.583. The summed E-state index contributed by atoms with van der Waals surface area (Å²) >= 11 is 0. The smallest absolute Gasteiger partial charge is 0.331 e. The van der Waals surface area contributed by atoms with Crippen LogP contribution in [0.4, 0.5) is 0 Å². The molecule has 3 heterocycles. The average Bonchev–Trinajstić information content (AvgIpc) is 3.46. The molecular weight excluding hydrogens is 736 g/mol. The molecule has 0 saturated carbocycles. The van der Waals surface area contributed by atoms with Gasteiger partial charge >= 0.3 is 5.97 Å². The summed E-state index contributed by atoms with van der Waals surface area (Å²) in [5.74, 6) is -0.849. The highest BCUT2D eigenvalue weighted by Gasteiger charge is 2.55. The van der Waals surface area contributed by atoms with Crippen molar-refractivity contribution in [2.45, 2.75) is 92.8 Å². The van der Waals surface area contributed by atoms with Crippen molar-refractivity contribution in [1.29, 1.82) is 0 Å². The molecule has 3 fully saturated rings. The number of phenols is 2. The Morgan fingerprint density at radius 2 is 1.58 bits per heavy atom. The molecule has 0 aromatic heterocycles. The van der Waals surface area contributed by atoms with Crippen molar-refractivity contribution in [2.24, 2.45) is 0 Å². The van der Waals surface area contributed by atoms with E-state index >= 15 is 0 Å². The molecule has 0 spiro atoms. The maximum atomic E-state index is 13.4. The van der Waals surface area contributed by atoms with E-state index in [1.54, 1.807) is 12.1 Å². The second-order valence-corrected chi connectivity index (χ2v) is 13.3. The first-order chi connectivity index (χ1) is 26.2. The molecule has 2 aromatic carbocycles. The minimum atomic E-state index is -2.13. The van der Waals surface area contributed by atoms with Gasteiger partial charge in [-0.05, 0) is 54.8 Å². The van der Waals surface area contributed by atoms with Crippen LogP contribution in [0.2, 0.25) is 0 Å². The van der Waals surface area contributed by atoms with Crippen LogP contribution in [0.5, 0.6) is 23.0 Å². The zero-order chi connectivity index (χ0) is 40.0. The number of methoxy groups -OCH3 is 2. The number of esters is 1. The van der Waals surface area contributed by atoms with Crippen LogP contribution in [0.15, 0.2) is 42.5 Å². The molecule has 2 aromatic rings. The van der Waals surface area contributed by atoms with E-state index in [1.807, 2.05) is 0 Å². The standard InChI is InChI=1S/C36H48O19/c1-17-26(41)27(42)28(43)33(52-17)50-14-24-30(54-25(40)9-6-18-4-7-20(38)23(13-18)48-3)31(55-35-32(45)36(46,15-37)16-51-35)29(44)34(53-24)49-11-10-19-5-8-22(47-2)21(39)12-19/h4-9,12-13,17,24,26-35,37-39,41-46H,10-11,14-16H2,1-3H3/b9-6+/t17?,24-,26+,27+,28-,29-,30-,31-,32+,33-,34-,35?,36-/m1/s1. The maximum Gasteiger partial charge on any atom is 0.331 e. The van der Waals surface area contributed by atoms with Crippen LogP contribution < -0.4 is 9.47 Å². The summed E-state index contributed by atoms with van der Waals surface area (Å²) in [5, 5.41) is 93.9. The highest BCUT2D eigenvalue weighted by atomic mass is 16.8. The Hall–Kier alpha value is -3.67. The van der Waals surface area contributed by atoms with Crippen LogP contribution >= 0.6 is 0 Å². The Balaban J connectivity index is 1.42. The largest absolute Gasteiger partial charge is 0.504 e. The minimum absolute atomic E-state index is 0.101. The van der Waals surface area contributed by atoms with Gasteiger partial charge in [0, 0.05) is 6.08 Å². The molecule has 306 valence electrons. The fourth-order valence-corrected chi connectivity index (χ4v) is 6.19. The Labute approximate surface area is 315 Å². The van der Waals surface area contributed by atoms with Crippen LogP contribution in [0.3, 0.4) is 0 Å². The lowest BCUT2D eigenvalue weighted by atomic mass is 9.97. The summed E-state index contributed by atoms with van der Waals surface area (Å²) in [6.45, 7) is -0.678. The van der Waals surface area contributed by atoms with Crippen LogP contribution in [0.1, 0.15) is 18.1 Å². The molecule has 19 heteroatoms. The Morgan fingerprint density at radius 1 is 0.855 bits per heavy atom. The van der Waals surface area contributed by atoms with Crippen molar-refractivity contribution < 1.29 is 93.4 Å². The van der Waals surface area contributed by atoms with Crippen molar-refractivity contribution in [3.63, 3.8) is 0 Å². The third kappa shape index (κ3) is 9.84. The molecule has 0 aliphatic carbocycles. The van der Waals surface area contributed by atoms with Crippen molar-refractivity contribution in [3.8, 4) is 23.0 Å². The number of benzene rings is 2. The number of carbonyl (C=O) groups excluding carboxylic acids is 1. The number of rotatable bonds is 15. The van der Waals surface area contributed by atoms with Crippen molar-refractivity contribution in [2.75, 3.05) is 40.6 Å². The monoisotopic (exact) mass is 784 g/mol. The number of aliphatic hydroxyl groups is 7. The van der Waals surface area contributed by atoms with E-state index in [4.69, 9.17) is 42.6 Å². The summed E-state index contributed by atoms with van der Waals surface area (Å²) in [6, 6.07) is 9.00. The molecule has 55 heavy (non-hydrogen) atoms. The van der Waals surface area contributed by atoms with E-state index in [2.05, 4.69) is 0 Å². The fourth-order valence-electron chi connectivity index (χ4n) is 6.19. The second kappa shape index (κ2) is 18.5. The normalized spacial score (nSPS) is 35.2. The first-order valence-electron chi connectivity index (χ1n) is 17.4. The first kappa shape index (κ1) is 42.5. The number of ether oxygens (including phenoxy) is 9. The molecule has 3 aliphatic heterocycles. The van der Waals surface area contributed by atoms with E-state index in [0.29, 0.717) is 11.1 Å². The van der Waals surface area contributed by atoms with Gasteiger partial charge in [-0.1, -0.05) is 12.1 Å². The first-order valence-corrected chi connectivity index (χ1v) is 17.4. The minimum Gasteiger partial charge on any atom is -0.504 e. The van der Waals surface area contributed by atoms with Gasteiger partial charge in [-0.2, -0.15) is 0 Å². The van der Waals surface area contributed by atoms with Gasteiger partial charge in [0.2, 0.25) is 0 Å². The predicted octanol–water partition coefficient (Wildman–Crippen LogP) is -1.94. The summed E-state index contributed by atoms with van der Waals surface area (Å²) in [4.78, 5) is 13.4. The van der Waals surface area contributed by atoms with Gasteiger partial charge in [0.25, 0.3) is 0 Å². The number of carbonyl (C=O) groups is 1. The van der Waals surface area contributed by atoms with Gasteiger partial charge in [-0.25, -0.2) is 4.79 Å². The van der Waals surface area contributed by atoms with Crippen LogP contribution in [-0.2, 0) is 44.4 Å². The molecule has 2 unspecified atom stereocenters. The summed E-state index contributed by atoms with van der Waals surface area (Å²) in [6.07, 6.45) is -16.2. The van der Waals surface area contributed by atoms with Crippen LogP contribution in [-0.4, -0.2) is 172 Å². The van der Waals surface area contributed by atoms with Crippen molar-refractivity contribution in [1.82, 2.24) is 0 Å². The van der Waals surface area contributed by atoms with E-state index in [1.165, 1.54) is 51.5 Å². The van der Waals surface area contributed by atoms with E-state index in [9.17, 15) is 50.8 Å². The summed E-state index contributed by atoms with van der Waals surface area (Å²) in [7, 11) is 2.75. The average molecular weight is 785 g/mol. The third-order valence-electron chi connectivity index (χ3n) is 9.50. The molecule has 0 amide bonds. The van der Waals surface area contributed by atoms with Gasteiger partial charge < -0.3 is 88.6 Å². The van der Waals surface area contributed by atoms with Gasteiger partial charge in [-0.15, -0.1) is 0 Å². The number of aliphatic hydroxyl groups excluding tert-OH is 6. The zero-order valence-electron chi connectivity index (χ0n) is 30.2. The van der Waals surface area contributed by atoms with E-state index in [-0.39, 0.29) is 36.0 Å². The van der Waals surface area contributed by atoms with E-state index in [0.717, 1.165) is 6.08 Å². The molecular formula is C36H48O19. The topological polar surface area (TPSA) is 282 Å². The zero-order valence-corrected chi connectivity index (χ0v) is 30.2. The molecule has 9 N–H and O–H groups in total. The lowest BCUT2D eigenvalue weighted by molar-refractivity contribution is -0.344. The highest BCUT2D eigenvalue weighted by Crippen LogP contribution is 2.34. The second-order valence-electron chi connectivity index (χ2n) is 13.3. The van der Waals surface area contributed by atoms with Crippen LogP contribution in [0, 0.1) is 0 Å². The molecule has 19 nitrogen and oxygen atoms in total. The lowest BCUT2D eigenvalue weighted by Gasteiger charge is -2.45. The van der Waals surface area contributed by atoms with Gasteiger partial charge in [0.05, 0.1) is 46.8 Å². The molecule has 3 saturated heterocycles. The quantitative estimate of drug-likeness (QED) is 0.0701. The van der Waals surface area contributed by atoms with Gasteiger partial charge in [0.1, 0.15) is 48.3 Å². The number of hydrogen-bond donors (Lipinski definition) is 9. The molecule has 5 rings (SSSR count). The Kier molecular flexibility index (Phi) is 14.3. The molecule has 3 aliphatic rings.